The molecule has 0 saturated carbocycles. The molecule has 0 fully saturated rings. The SMILES string of the molecule is Fc1c(F)c(F)c2c(c1F)C(F)(F)C(F)(F)C(F)(Br)C2(F)F. The average molecular weight is 409 g/mol. The lowest BCUT2D eigenvalue weighted by Crippen LogP contribution is -2.63. The maximum Gasteiger partial charge on any atom is 0.364 e. The summed E-state index contributed by atoms with van der Waals surface area (Å²) in [5.74, 6) is -30.5. The van der Waals surface area contributed by atoms with Gasteiger partial charge in [-0.05, 0) is 15.9 Å². The van der Waals surface area contributed by atoms with E-state index in [9.17, 15) is 48.3 Å². The highest BCUT2D eigenvalue weighted by Crippen LogP contribution is 2.67. The summed E-state index contributed by atoms with van der Waals surface area (Å²) in [6, 6.07) is 0. The number of alkyl halides is 8. The summed E-state index contributed by atoms with van der Waals surface area (Å²) in [7, 11) is 0. The summed E-state index contributed by atoms with van der Waals surface area (Å²) in [6.45, 7) is 0. The van der Waals surface area contributed by atoms with Crippen LogP contribution in [0.3, 0.4) is 0 Å². The van der Waals surface area contributed by atoms with Gasteiger partial charge in [-0.2, -0.15) is 26.3 Å². The fourth-order valence-corrected chi connectivity index (χ4v) is 2.38. The van der Waals surface area contributed by atoms with E-state index in [1.165, 1.54) is 0 Å². The van der Waals surface area contributed by atoms with Crippen LogP contribution in [0.5, 0.6) is 0 Å². The summed E-state index contributed by atoms with van der Waals surface area (Å²) in [6.07, 6.45) is 0. The monoisotopic (exact) mass is 408 g/mol. The fourth-order valence-electron chi connectivity index (χ4n) is 1.93. The first-order chi connectivity index (χ1) is 9.64. The molecule has 0 aromatic heterocycles. The molecule has 0 N–H and O–H groups in total. The Morgan fingerprint density at radius 1 is 0.545 bits per heavy atom. The lowest BCUT2D eigenvalue weighted by Gasteiger charge is -2.44. The Balaban J connectivity index is 3.11. The van der Waals surface area contributed by atoms with Crippen LogP contribution >= 0.6 is 15.9 Å². The van der Waals surface area contributed by atoms with Gasteiger partial charge in [-0.25, -0.2) is 22.0 Å². The highest BCUT2D eigenvalue weighted by molar-refractivity contribution is 9.10. The summed E-state index contributed by atoms with van der Waals surface area (Å²) in [4.78, 5) is 0. The number of halogens is 12. The highest BCUT2D eigenvalue weighted by atomic mass is 79.9. The molecule has 22 heavy (non-hydrogen) atoms. The van der Waals surface area contributed by atoms with Gasteiger partial charge in [0.05, 0.1) is 11.1 Å². The van der Waals surface area contributed by atoms with E-state index < -0.39 is 56.7 Å². The van der Waals surface area contributed by atoms with Gasteiger partial charge < -0.3 is 0 Å². The number of rotatable bonds is 0. The van der Waals surface area contributed by atoms with Crippen molar-refractivity contribution in [2.75, 3.05) is 0 Å². The van der Waals surface area contributed by atoms with Crippen molar-refractivity contribution in [1.29, 1.82) is 0 Å². The van der Waals surface area contributed by atoms with E-state index in [0.717, 1.165) is 15.9 Å². The van der Waals surface area contributed by atoms with Crippen LogP contribution in [0.1, 0.15) is 11.1 Å². The molecule has 0 bridgehead atoms. The molecule has 1 aliphatic rings. The van der Waals surface area contributed by atoms with Crippen LogP contribution in [0, 0.1) is 23.3 Å². The van der Waals surface area contributed by atoms with Crippen LogP contribution in [0.4, 0.5) is 48.3 Å². The zero-order valence-electron chi connectivity index (χ0n) is 9.54. The second-order valence-electron chi connectivity index (χ2n) is 4.30. The smallest absolute Gasteiger partial charge is 0.217 e. The van der Waals surface area contributed by atoms with E-state index in [1.54, 1.807) is 0 Å². The van der Waals surface area contributed by atoms with Gasteiger partial charge in [0.25, 0.3) is 0 Å². The van der Waals surface area contributed by atoms with Gasteiger partial charge in [0, 0.05) is 0 Å². The van der Waals surface area contributed by atoms with Crippen LogP contribution in [-0.2, 0) is 11.8 Å². The van der Waals surface area contributed by atoms with Crippen molar-refractivity contribution < 1.29 is 48.3 Å². The lowest BCUT2D eigenvalue weighted by molar-refractivity contribution is -0.312. The highest BCUT2D eigenvalue weighted by Gasteiger charge is 2.84. The van der Waals surface area contributed by atoms with Crippen molar-refractivity contribution in [3.05, 3.63) is 34.4 Å². The molecule has 1 aromatic rings. The standard InChI is InChI=1S/C10BrF11/c11-9(20)7(16,17)1-2(8(18,19)10(9,21)22)4(13)6(15)5(14)3(1)12. The van der Waals surface area contributed by atoms with E-state index in [-0.39, 0.29) is 0 Å². The minimum Gasteiger partial charge on any atom is -0.217 e. The second kappa shape index (κ2) is 4.26. The Morgan fingerprint density at radius 2 is 0.864 bits per heavy atom. The minimum atomic E-state index is -6.31. The first-order valence-corrected chi connectivity index (χ1v) is 5.81. The zero-order valence-corrected chi connectivity index (χ0v) is 11.1. The van der Waals surface area contributed by atoms with E-state index in [1.807, 2.05) is 0 Å². The van der Waals surface area contributed by atoms with Crippen molar-refractivity contribution in [2.24, 2.45) is 0 Å². The molecule has 12 heteroatoms. The third-order valence-electron chi connectivity index (χ3n) is 3.08. The van der Waals surface area contributed by atoms with Crippen molar-refractivity contribution >= 4 is 15.9 Å². The van der Waals surface area contributed by atoms with Crippen molar-refractivity contribution in [1.82, 2.24) is 0 Å². The van der Waals surface area contributed by atoms with Crippen LogP contribution < -0.4 is 0 Å². The molecular weight excluding hydrogens is 409 g/mol. The maximum absolute atomic E-state index is 13.6. The molecule has 1 aromatic carbocycles. The largest absolute Gasteiger partial charge is 0.364 e. The Hall–Kier alpha value is -1.07. The summed E-state index contributed by atoms with van der Waals surface area (Å²) < 4.78 is 141. The summed E-state index contributed by atoms with van der Waals surface area (Å²) in [5.41, 5.74) is -6.18. The molecule has 124 valence electrons. The predicted octanol–water partition coefficient (Wildman–Crippen LogP) is 5.14. The van der Waals surface area contributed by atoms with Crippen molar-refractivity contribution in [2.45, 2.75) is 22.3 Å². The molecule has 0 nitrogen and oxygen atoms in total. The Kier molecular flexibility index (Phi) is 3.35. The van der Waals surface area contributed by atoms with Crippen LogP contribution in [0.15, 0.2) is 0 Å². The third-order valence-corrected chi connectivity index (χ3v) is 4.07. The van der Waals surface area contributed by atoms with Gasteiger partial charge in [-0.15, -0.1) is 0 Å². The number of hydrogen-bond acceptors (Lipinski definition) is 0. The van der Waals surface area contributed by atoms with Gasteiger partial charge in [-0.3, -0.25) is 0 Å². The normalized spacial score (nSPS) is 28.4. The van der Waals surface area contributed by atoms with Gasteiger partial charge in [0.2, 0.25) is 0 Å². The molecule has 1 atom stereocenters. The number of benzene rings is 1. The number of hydrogen-bond donors (Lipinski definition) is 0. The molecule has 0 aliphatic heterocycles. The van der Waals surface area contributed by atoms with Crippen LogP contribution in [-0.4, -0.2) is 10.5 Å². The predicted molar refractivity (Wildman–Crippen MR) is 51.8 cm³/mol. The van der Waals surface area contributed by atoms with E-state index in [2.05, 4.69) is 0 Å². The molecule has 0 spiro atoms. The molecule has 0 radical (unpaired) electrons. The third kappa shape index (κ3) is 1.59. The Labute approximate surface area is 122 Å². The van der Waals surface area contributed by atoms with Gasteiger partial charge in [0.1, 0.15) is 0 Å². The molecule has 0 amide bonds. The molecule has 2 rings (SSSR count). The van der Waals surface area contributed by atoms with Gasteiger partial charge >= 0.3 is 22.3 Å². The average Bonchev–Trinajstić information content (AvgIpc) is 2.37. The molecular formula is C10BrF11. The zero-order chi connectivity index (χ0) is 17.5. The maximum atomic E-state index is 13.6. The fraction of sp³-hybridized carbons (Fsp3) is 0.400. The summed E-state index contributed by atoms with van der Waals surface area (Å²) >= 11 is 1.03. The molecule has 1 unspecified atom stereocenters. The summed E-state index contributed by atoms with van der Waals surface area (Å²) in [5, 5.41) is 0. The van der Waals surface area contributed by atoms with Crippen LogP contribution in [0.25, 0.3) is 0 Å². The van der Waals surface area contributed by atoms with Crippen LogP contribution in [0.2, 0.25) is 0 Å². The lowest BCUT2D eigenvalue weighted by atomic mass is 9.80. The number of fused-ring (bicyclic) bond motifs is 1. The molecule has 0 saturated heterocycles. The molecule has 1 aliphatic carbocycles. The van der Waals surface area contributed by atoms with Crippen molar-refractivity contribution in [3.63, 3.8) is 0 Å². The first kappa shape index (κ1) is 17.3. The minimum absolute atomic E-state index is 1.03. The first-order valence-electron chi connectivity index (χ1n) is 5.02. The topological polar surface area (TPSA) is 0 Å². The van der Waals surface area contributed by atoms with E-state index in [4.69, 9.17) is 0 Å². The second-order valence-corrected chi connectivity index (χ2v) is 5.40. The van der Waals surface area contributed by atoms with E-state index in [0.29, 0.717) is 0 Å². The van der Waals surface area contributed by atoms with Gasteiger partial charge in [0.15, 0.2) is 23.3 Å². The van der Waals surface area contributed by atoms with E-state index >= 15 is 0 Å². The Morgan fingerprint density at radius 3 is 1.23 bits per heavy atom. The van der Waals surface area contributed by atoms with Crippen molar-refractivity contribution in [3.8, 4) is 0 Å². The molecule has 0 heterocycles. The quantitative estimate of drug-likeness (QED) is 0.241. The van der Waals surface area contributed by atoms with Gasteiger partial charge in [-0.1, -0.05) is 0 Å². The Bertz CT molecular complexity index is 607.